The van der Waals surface area contributed by atoms with Crippen molar-refractivity contribution in [3.05, 3.63) is 96.1 Å². The van der Waals surface area contributed by atoms with Gasteiger partial charge in [-0.05, 0) is 42.0 Å². The van der Waals surface area contributed by atoms with Crippen molar-refractivity contribution in [2.24, 2.45) is 0 Å². The Balaban J connectivity index is 1.52. The Morgan fingerprint density at radius 3 is 2.00 bits per heavy atom. The molecular formula is C21H18O3. The number of hydrogen-bond acceptors (Lipinski definition) is 3. The van der Waals surface area contributed by atoms with E-state index in [4.69, 9.17) is 9.47 Å². The van der Waals surface area contributed by atoms with Gasteiger partial charge in [0.2, 0.25) is 0 Å². The Labute approximate surface area is 141 Å². The normalized spacial score (nSPS) is 10.2. The summed E-state index contributed by atoms with van der Waals surface area (Å²) in [5, 5.41) is 0. The molecule has 0 aromatic heterocycles. The van der Waals surface area contributed by atoms with Crippen LogP contribution in [-0.4, -0.2) is 12.6 Å². The van der Waals surface area contributed by atoms with E-state index in [9.17, 15) is 4.79 Å². The summed E-state index contributed by atoms with van der Waals surface area (Å²) in [7, 11) is 0. The van der Waals surface area contributed by atoms with E-state index in [1.54, 1.807) is 36.4 Å². The van der Waals surface area contributed by atoms with Crippen LogP contribution in [0.3, 0.4) is 0 Å². The monoisotopic (exact) mass is 318 g/mol. The number of para-hydroxylation sites is 1. The molecule has 0 radical (unpaired) electrons. The van der Waals surface area contributed by atoms with Crippen molar-refractivity contribution < 1.29 is 14.3 Å². The van der Waals surface area contributed by atoms with Crippen LogP contribution in [0.25, 0.3) is 0 Å². The standard InChI is InChI=1S/C21H18O3/c22-21(24-20-9-5-2-6-10-20)18-11-13-19(14-12-18)23-16-15-17-7-3-1-4-8-17/h1-14H,15-16H2. The molecular weight excluding hydrogens is 300 g/mol. The molecule has 3 rings (SSSR count). The predicted octanol–water partition coefficient (Wildman–Crippen LogP) is 4.53. The minimum atomic E-state index is -0.378. The zero-order valence-corrected chi connectivity index (χ0v) is 13.2. The van der Waals surface area contributed by atoms with Gasteiger partial charge in [-0.1, -0.05) is 48.5 Å². The lowest BCUT2D eigenvalue weighted by Crippen LogP contribution is -2.08. The van der Waals surface area contributed by atoms with Crippen molar-refractivity contribution >= 4 is 5.97 Å². The maximum absolute atomic E-state index is 12.1. The van der Waals surface area contributed by atoms with Crippen molar-refractivity contribution in [2.75, 3.05) is 6.61 Å². The van der Waals surface area contributed by atoms with E-state index in [0.29, 0.717) is 17.9 Å². The van der Waals surface area contributed by atoms with E-state index >= 15 is 0 Å². The Hall–Kier alpha value is -3.07. The Kier molecular flexibility index (Phi) is 5.25. The van der Waals surface area contributed by atoms with Gasteiger partial charge < -0.3 is 9.47 Å². The topological polar surface area (TPSA) is 35.5 Å². The lowest BCUT2D eigenvalue weighted by molar-refractivity contribution is 0.0734. The quantitative estimate of drug-likeness (QED) is 0.495. The number of carbonyl (C=O) groups excluding carboxylic acids is 1. The van der Waals surface area contributed by atoms with Gasteiger partial charge in [-0.25, -0.2) is 4.79 Å². The second-order valence-electron chi connectivity index (χ2n) is 5.31. The second-order valence-corrected chi connectivity index (χ2v) is 5.31. The van der Waals surface area contributed by atoms with Gasteiger partial charge in [0.15, 0.2) is 0 Å². The summed E-state index contributed by atoms with van der Waals surface area (Å²) in [6.07, 6.45) is 0.846. The second kappa shape index (κ2) is 7.97. The maximum atomic E-state index is 12.1. The van der Waals surface area contributed by atoms with Crippen LogP contribution in [0.4, 0.5) is 0 Å². The van der Waals surface area contributed by atoms with Crippen molar-refractivity contribution in [1.29, 1.82) is 0 Å². The van der Waals surface area contributed by atoms with E-state index in [1.165, 1.54) is 5.56 Å². The molecule has 0 N–H and O–H groups in total. The predicted molar refractivity (Wildman–Crippen MR) is 93.5 cm³/mol. The van der Waals surface area contributed by atoms with Crippen molar-refractivity contribution in [3.8, 4) is 11.5 Å². The average molecular weight is 318 g/mol. The number of hydrogen-bond donors (Lipinski definition) is 0. The zero-order valence-electron chi connectivity index (χ0n) is 13.2. The maximum Gasteiger partial charge on any atom is 0.343 e. The van der Waals surface area contributed by atoms with Gasteiger partial charge in [0.25, 0.3) is 0 Å². The lowest BCUT2D eigenvalue weighted by Gasteiger charge is -2.08. The van der Waals surface area contributed by atoms with Gasteiger partial charge in [0, 0.05) is 6.42 Å². The Bertz CT molecular complexity index is 765. The molecule has 0 spiro atoms. The van der Waals surface area contributed by atoms with Gasteiger partial charge in [-0.2, -0.15) is 0 Å². The van der Waals surface area contributed by atoms with Crippen LogP contribution in [-0.2, 0) is 6.42 Å². The molecule has 120 valence electrons. The fraction of sp³-hybridized carbons (Fsp3) is 0.0952. The largest absolute Gasteiger partial charge is 0.493 e. The molecule has 0 bridgehead atoms. The zero-order chi connectivity index (χ0) is 16.6. The molecule has 0 aliphatic carbocycles. The number of ether oxygens (including phenoxy) is 2. The summed E-state index contributed by atoms with van der Waals surface area (Å²) < 4.78 is 11.0. The third-order valence-electron chi connectivity index (χ3n) is 3.55. The first kappa shape index (κ1) is 15.8. The molecule has 0 aliphatic rings. The van der Waals surface area contributed by atoms with E-state index < -0.39 is 0 Å². The van der Waals surface area contributed by atoms with Crippen LogP contribution in [0.5, 0.6) is 11.5 Å². The van der Waals surface area contributed by atoms with Gasteiger partial charge in [-0.3, -0.25) is 0 Å². The van der Waals surface area contributed by atoms with Crippen molar-refractivity contribution in [3.63, 3.8) is 0 Å². The van der Waals surface area contributed by atoms with Crippen molar-refractivity contribution in [1.82, 2.24) is 0 Å². The molecule has 0 atom stereocenters. The van der Waals surface area contributed by atoms with Gasteiger partial charge in [0.1, 0.15) is 11.5 Å². The van der Waals surface area contributed by atoms with Gasteiger partial charge >= 0.3 is 5.97 Å². The number of carbonyl (C=O) groups is 1. The number of benzene rings is 3. The van der Waals surface area contributed by atoms with Crippen LogP contribution in [0, 0.1) is 0 Å². The summed E-state index contributed by atoms with van der Waals surface area (Å²) in [6.45, 7) is 0.595. The average Bonchev–Trinajstić information content (AvgIpc) is 2.64. The first-order valence-electron chi connectivity index (χ1n) is 7.85. The third-order valence-corrected chi connectivity index (χ3v) is 3.55. The highest BCUT2D eigenvalue weighted by Gasteiger charge is 2.08. The summed E-state index contributed by atoms with van der Waals surface area (Å²) in [4.78, 5) is 12.1. The van der Waals surface area contributed by atoms with Crippen LogP contribution >= 0.6 is 0 Å². The molecule has 0 heterocycles. The molecule has 0 fully saturated rings. The van der Waals surface area contributed by atoms with Crippen LogP contribution < -0.4 is 9.47 Å². The van der Waals surface area contributed by atoms with Gasteiger partial charge in [0.05, 0.1) is 12.2 Å². The minimum Gasteiger partial charge on any atom is -0.493 e. The van der Waals surface area contributed by atoms with E-state index in [1.807, 2.05) is 36.4 Å². The highest BCUT2D eigenvalue weighted by atomic mass is 16.5. The minimum absolute atomic E-state index is 0.378. The summed E-state index contributed by atoms with van der Waals surface area (Å²) >= 11 is 0. The SMILES string of the molecule is O=C(Oc1ccccc1)c1ccc(OCCc2ccccc2)cc1. The molecule has 3 nitrogen and oxygen atoms in total. The summed E-state index contributed by atoms with van der Waals surface area (Å²) in [6, 6.07) is 26.2. The van der Waals surface area contributed by atoms with Crippen LogP contribution in [0.2, 0.25) is 0 Å². The molecule has 24 heavy (non-hydrogen) atoms. The fourth-order valence-electron chi connectivity index (χ4n) is 2.27. The first-order valence-corrected chi connectivity index (χ1v) is 7.85. The highest BCUT2D eigenvalue weighted by molar-refractivity contribution is 5.91. The van der Waals surface area contributed by atoms with E-state index in [0.717, 1.165) is 12.2 Å². The molecule has 3 aromatic rings. The van der Waals surface area contributed by atoms with Crippen LogP contribution in [0.1, 0.15) is 15.9 Å². The number of rotatable bonds is 6. The summed E-state index contributed by atoms with van der Waals surface area (Å²) in [5.74, 6) is 0.893. The summed E-state index contributed by atoms with van der Waals surface area (Å²) in [5.41, 5.74) is 1.73. The first-order chi connectivity index (χ1) is 11.8. The Morgan fingerprint density at radius 1 is 0.708 bits per heavy atom. The number of esters is 1. The molecule has 0 amide bonds. The van der Waals surface area contributed by atoms with Gasteiger partial charge in [-0.15, -0.1) is 0 Å². The molecule has 0 unspecified atom stereocenters. The van der Waals surface area contributed by atoms with E-state index in [2.05, 4.69) is 12.1 Å². The van der Waals surface area contributed by atoms with Crippen LogP contribution in [0.15, 0.2) is 84.9 Å². The molecule has 3 aromatic carbocycles. The molecule has 0 aliphatic heterocycles. The molecule has 0 saturated carbocycles. The van der Waals surface area contributed by atoms with Crippen molar-refractivity contribution in [2.45, 2.75) is 6.42 Å². The highest BCUT2D eigenvalue weighted by Crippen LogP contribution is 2.16. The Morgan fingerprint density at radius 2 is 1.33 bits per heavy atom. The van der Waals surface area contributed by atoms with E-state index in [-0.39, 0.29) is 5.97 Å². The third kappa shape index (κ3) is 4.46. The fourth-order valence-corrected chi connectivity index (χ4v) is 2.27. The lowest BCUT2D eigenvalue weighted by atomic mass is 10.2. The molecule has 0 saturated heterocycles. The molecule has 3 heteroatoms. The smallest absolute Gasteiger partial charge is 0.343 e.